The van der Waals surface area contributed by atoms with E-state index in [-0.39, 0.29) is 0 Å². The second-order valence-corrected chi connectivity index (χ2v) is 14.9. The molecule has 19 heavy (non-hydrogen) atoms. The molecule has 0 aliphatic heterocycles. The molecule has 2 aliphatic carbocycles. The molecule has 1 heteroatoms. The van der Waals surface area contributed by atoms with Gasteiger partial charge < -0.3 is 0 Å². The van der Waals surface area contributed by atoms with Crippen LogP contribution >= 0.6 is 0 Å². The fourth-order valence-electron chi connectivity index (χ4n) is 3.15. The van der Waals surface area contributed by atoms with Crippen molar-refractivity contribution in [2.75, 3.05) is 0 Å². The number of rotatable bonds is 6. The first-order chi connectivity index (χ1) is 8.99. The van der Waals surface area contributed by atoms with Crippen LogP contribution in [-0.4, -0.2) is 0 Å². The van der Waals surface area contributed by atoms with Crippen LogP contribution in [0.1, 0.15) is 53.4 Å². The van der Waals surface area contributed by atoms with E-state index in [9.17, 15) is 0 Å². The molecule has 0 N–H and O–H groups in total. The average molecular weight is 421 g/mol. The number of hydrogen-bond donors (Lipinski definition) is 0. The van der Waals surface area contributed by atoms with Gasteiger partial charge in [-0.05, 0) is 0 Å². The van der Waals surface area contributed by atoms with Crippen LogP contribution in [0.5, 0.6) is 0 Å². The Morgan fingerprint density at radius 2 is 1.26 bits per heavy atom. The summed E-state index contributed by atoms with van der Waals surface area (Å²) in [6, 6.07) is 0. The third-order valence-electron chi connectivity index (χ3n) is 3.87. The summed E-state index contributed by atoms with van der Waals surface area (Å²) in [5.41, 5.74) is 3.14. The fraction of sp³-hybridized carbons (Fsp3) is 0.556. The minimum atomic E-state index is -0.829. The zero-order chi connectivity index (χ0) is 13.9. The second kappa shape index (κ2) is 6.08. The fourth-order valence-corrected chi connectivity index (χ4v) is 10.4. The van der Waals surface area contributed by atoms with E-state index in [1.165, 1.54) is 25.7 Å². The molecule has 2 rings (SSSR count). The van der Waals surface area contributed by atoms with Crippen molar-refractivity contribution in [3.05, 3.63) is 47.6 Å². The van der Waals surface area contributed by atoms with E-state index in [2.05, 4.69) is 64.2 Å². The Kier molecular flexibility index (Phi) is 4.87. The predicted molar refractivity (Wildman–Crippen MR) is 81.0 cm³/mol. The van der Waals surface area contributed by atoms with Gasteiger partial charge in [0.2, 0.25) is 0 Å². The topological polar surface area (TPSA) is 0 Å². The maximum atomic E-state index is 2.57. The molecule has 0 radical (unpaired) electrons. The van der Waals surface area contributed by atoms with Gasteiger partial charge in [0, 0.05) is 0 Å². The third-order valence-corrected chi connectivity index (χ3v) is 9.98. The Morgan fingerprint density at radius 3 is 1.63 bits per heavy atom. The molecule has 2 unspecified atom stereocenters. The minimum absolute atomic E-state index is 0.432. The van der Waals surface area contributed by atoms with Crippen molar-refractivity contribution in [1.29, 1.82) is 0 Å². The molecule has 0 bridgehead atoms. The average Bonchev–Trinajstić information content (AvgIpc) is 2.85. The van der Waals surface area contributed by atoms with Crippen LogP contribution in [0.4, 0.5) is 0 Å². The normalized spacial score (nSPS) is 32.6. The van der Waals surface area contributed by atoms with Gasteiger partial charge >= 0.3 is 130 Å². The van der Waals surface area contributed by atoms with Gasteiger partial charge in [0.25, 0.3) is 0 Å². The van der Waals surface area contributed by atoms with Gasteiger partial charge in [-0.2, -0.15) is 0 Å². The van der Waals surface area contributed by atoms with Gasteiger partial charge in [-0.15, -0.1) is 0 Å². The first-order valence-electron chi connectivity index (χ1n) is 7.60. The van der Waals surface area contributed by atoms with E-state index in [1.54, 1.807) is 11.1 Å². The summed E-state index contributed by atoms with van der Waals surface area (Å²) >= 11 is -0.829. The molecule has 102 valence electrons. The molecule has 0 spiro atoms. The molecule has 0 nitrogen and oxygen atoms in total. The molecular formula is C18H26Hf. The van der Waals surface area contributed by atoms with Gasteiger partial charge in [-0.25, -0.2) is 0 Å². The van der Waals surface area contributed by atoms with Gasteiger partial charge in [0.15, 0.2) is 0 Å². The van der Waals surface area contributed by atoms with Crippen molar-refractivity contribution in [2.45, 2.75) is 59.7 Å². The zero-order valence-electron chi connectivity index (χ0n) is 12.8. The third kappa shape index (κ3) is 3.90. The van der Waals surface area contributed by atoms with Gasteiger partial charge in [0.05, 0.1) is 0 Å². The van der Waals surface area contributed by atoms with Crippen molar-refractivity contribution in [2.24, 2.45) is 0 Å². The van der Waals surface area contributed by atoms with Crippen LogP contribution in [0.15, 0.2) is 47.6 Å². The van der Waals surface area contributed by atoms with Gasteiger partial charge in [-0.3, -0.25) is 0 Å². The van der Waals surface area contributed by atoms with Crippen molar-refractivity contribution >= 4 is 0 Å². The maximum absolute atomic E-state index is 2.57. The second-order valence-electron chi connectivity index (χ2n) is 6.30. The van der Waals surface area contributed by atoms with E-state index in [1.807, 2.05) is 0 Å². The molecule has 0 saturated carbocycles. The Bertz CT molecular complexity index is 410. The Morgan fingerprint density at radius 1 is 0.842 bits per heavy atom. The summed E-state index contributed by atoms with van der Waals surface area (Å²) in [5, 5.41) is 0. The zero-order valence-corrected chi connectivity index (χ0v) is 16.4. The van der Waals surface area contributed by atoms with Crippen LogP contribution in [0.2, 0.25) is 6.34 Å². The van der Waals surface area contributed by atoms with E-state index < -0.39 is 22.9 Å². The van der Waals surface area contributed by atoms with Gasteiger partial charge in [-0.1, -0.05) is 0 Å². The molecule has 0 aromatic heterocycles. The molecule has 0 fully saturated rings. The standard InChI is InChI=1S/2C9H13.Hf/c2*1-3-4-9-6-5-8(2)7-9;/h2*5-7H,3-4H2,1-2H3;. The Hall–Kier alpha value is -0.170. The van der Waals surface area contributed by atoms with Crippen molar-refractivity contribution < 1.29 is 22.9 Å². The molecule has 2 atom stereocenters. The Labute approximate surface area is 130 Å². The van der Waals surface area contributed by atoms with Crippen molar-refractivity contribution in [1.82, 2.24) is 0 Å². The number of hydrogen-bond acceptors (Lipinski definition) is 0. The van der Waals surface area contributed by atoms with Gasteiger partial charge in [0.1, 0.15) is 0 Å². The molecule has 0 heterocycles. The number of allylic oxidation sites excluding steroid dienone is 8. The quantitative estimate of drug-likeness (QED) is 0.461. The van der Waals surface area contributed by atoms with E-state index in [0.717, 1.165) is 0 Å². The molecule has 0 amide bonds. The monoisotopic (exact) mass is 422 g/mol. The Balaban J connectivity index is 2.06. The van der Waals surface area contributed by atoms with Crippen molar-refractivity contribution in [3.8, 4) is 0 Å². The van der Waals surface area contributed by atoms with E-state index in [0.29, 0.717) is 6.34 Å². The van der Waals surface area contributed by atoms with Crippen LogP contribution in [0.25, 0.3) is 0 Å². The summed E-state index contributed by atoms with van der Waals surface area (Å²) in [4.78, 5) is 0. The summed E-state index contributed by atoms with van der Waals surface area (Å²) in [5.74, 6) is 0. The van der Waals surface area contributed by atoms with Crippen molar-refractivity contribution in [3.63, 3.8) is 0 Å². The molecule has 0 aromatic carbocycles. The SMILES string of the molecule is CCCC1=C[C](C)([Hf][C]2(C)C=CC(CCC)=C2)C=C1. The van der Waals surface area contributed by atoms with Crippen LogP contribution < -0.4 is 0 Å². The predicted octanol–water partition coefficient (Wildman–Crippen LogP) is 6.02. The van der Waals surface area contributed by atoms with E-state index in [4.69, 9.17) is 0 Å². The summed E-state index contributed by atoms with van der Waals surface area (Å²) in [6.07, 6.45) is 19.9. The summed E-state index contributed by atoms with van der Waals surface area (Å²) in [6.45, 7) is 9.46. The van der Waals surface area contributed by atoms with Crippen LogP contribution in [0.3, 0.4) is 0 Å². The molecule has 2 aliphatic rings. The molecular weight excluding hydrogens is 395 g/mol. The first-order valence-corrected chi connectivity index (χ1v) is 11.2. The first kappa shape index (κ1) is 15.2. The van der Waals surface area contributed by atoms with E-state index >= 15 is 0 Å². The summed E-state index contributed by atoms with van der Waals surface area (Å²) in [7, 11) is 0. The summed E-state index contributed by atoms with van der Waals surface area (Å²) < 4.78 is 0.865. The van der Waals surface area contributed by atoms with Crippen LogP contribution in [0, 0.1) is 0 Å². The molecule has 0 saturated heterocycles. The molecule has 0 aromatic rings. The van der Waals surface area contributed by atoms with Crippen LogP contribution in [-0.2, 0) is 22.9 Å².